The van der Waals surface area contributed by atoms with Crippen molar-refractivity contribution >= 4 is 58.8 Å². The molecule has 8 heteroatoms. The zero-order chi connectivity index (χ0) is 6.62. The maximum atomic E-state index is 10.5. The molecule has 0 N–H and O–H groups in total. The SMILES string of the molecule is [O]=[Sb]([O]S)([O]S)[O]S. The van der Waals surface area contributed by atoms with Crippen LogP contribution in [0.4, 0.5) is 0 Å². The average Bonchev–Trinajstić information content (AvgIpc) is 1.87. The van der Waals surface area contributed by atoms with E-state index >= 15 is 0 Å². The molecule has 0 radical (unpaired) electrons. The molecule has 0 amide bonds. The third kappa shape index (κ3) is 2.91. The van der Waals surface area contributed by atoms with Crippen LogP contribution in [0.2, 0.25) is 0 Å². The predicted octanol–water partition coefficient (Wildman–Crippen LogP) is 0.437. The van der Waals surface area contributed by atoms with Gasteiger partial charge in [0.15, 0.2) is 0 Å². The molecule has 0 aromatic rings. The summed E-state index contributed by atoms with van der Waals surface area (Å²) in [5.74, 6) is 0. The Morgan fingerprint density at radius 1 is 1.00 bits per heavy atom. The number of thiol groups is 3. The second-order valence-electron chi connectivity index (χ2n) is 0.692. The molecule has 0 aliphatic heterocycles. The van der Waals surface area contributed by atoms with Gasteiger partial charge in [0.1, 0.15) is 0 Å². The Labute approximate surface area is 68.8 Å². The molecule has 0 spiro atoms. The van der Waals surface area contributed by atoms with E-state index in [1.807, 2.05) is 0 Å². The van der Waals surface area contributed by atoms with Crippen molar-refractivity contribution in [2.45, 2.75) is 0 Å². The van der Waals surface area contributed by atoms with Gasteiger partial charge in [0, 0.05) is 0 Å². The zero-order valence-corrected chi connectivity index (χ0v) is 8.66. The Morgan fingerprint density at radius 3 is 1.25 bits per heavy atom. The molecule has 0 aliphatic carbocycles. The summed E-state index contributed by atoms with van der Waals surface area (Å²) in [7, 11) is 0. The van der Waals surface area contributed by atoms with E-state index in [1.165, 1.54) is 0 Å². The van der Waals surface area contributed by atoms with Gasteiger partial charge < -0.3 is 0 Å². The summed E-state index contributed by atoms with van der Waals surface area (Å²) in [6.07, 6.45) is 0. The van der Waals surface area contributed by atoms with E-state index in [1.54, 1.807) is 0 Å². The fraction of sp³-hybridized carbons (Fsp3) is 0. The first-order valence-electron chi connectivity index (χ1n) is 1.28. The van der Waals surface area contributed by atoms with Crippen molar-refractivity contribution in [2.24, 2.45) is 0 Å². The van der Waals surface area contributed by atoms with Gasteiger partial charge in [0.05, 0.1) is 0 Å². The Bertz CT molecular complexity index is 82.4. The van der Waals surface area contributed by atoms with Crippen LogP contribution in [0.5, 0.6) is 0 Å². The van der Waals surface area contributed by atoms with Gasteiger partial charge in [-0.15, -0.1) is 0 Å². The maximum absolute atomic E-state index is 10.5. The van der Waals surface area contributed by atoms with Crippen molar-refractivity contribution in [3.8, 4) is 0 Å². The zero-order valence-electron chi connectivity index (χ0n) is 3.42. The second kappa shape index (κ2) is 4.38. The van der Waals surface area contributed by atoms with Crippen LogP contribution in [-0.2, 0) is 10.4 Å². The average molecular weight is 285 g/mol. The fourth-order valence-corrected chi connectivity index (χ4v) is 2.70. The summed E-state index contributed by atoms with van der Waals surface area (Å²) in [5.41, 5.74) is 0. The fourth-order valence-electron chi connectivity index (χ4n) is 0.0447. The molecule has 0 saturated carbocycles. The predicted molar refractivity (Wildman–Crippen MR) is 36.7 cm³/mol. The monoisotopic (exact) mass is 284 g/mol. The minimum absolute atomic E-state index is 3.19. The molecular weight excluding hydrogens is 282 g/mol. The van der Waals surface area contributed by atoms with Crippen LogP contribution in [0.3, 0.4) is 0 Å². The van der Waals surface area contributed by atoms with Gasteiger partial charge in [0.2, 0.25) is 0 Å². The van der Waals surface area contributed by atoms with Crippen molar-refractivity contribution in [2.75, 3.05) is 0 Å². The van der Waals surface area contributed by atoms with E-state index in [0.717, 1.165) is 0 Å². The van der Waals surface area contributed by atoms with E-state index in [9.17, 15) is 3.02 Å². The first-order valence-corrected chi connectivity index (χ1v) is 6.54. The number of hydrogen-bond acceptors (Lipinski definition) is 7. The molecule has 0 fully saturated rings. The first kappa shape index (κ1) is 9.55. The van der Waals surface area contributed by atoms with Gasteiger partial charge in [0.25, 0.3) is 0 Å². The quantitative estimate of drug-likeness (QED) is 0.400. The number of hydrogen-bond donors (Lipinski definition) is 3. The van der Waals surface area contributed by atoms with Crippen LogP contribution in [0.15, 0.2) is 0 Å². The molecule has 8 heavy (non-hydrogen) atoms. The molecule has 4 nitrogen and oxygen atoms in total. The minimum atomic E-state index is -4.40. The van der Waals surface area contributed by atoms with Crippen molar-refractivity contribution in [3.63, 3.8) is 0 Å². The van der Waals surface area contributed by atoms with Crippen LogP contribution in [-0.4, -0.2) is 20.1 Å². The molecule has 0 heterocycles. The van der Waals surface area contributed by atoms with Gasteiger partial charge in [-0.1, -0.05) is 0 Å². The summed E-state index contributed by atoms with van der Waals surface area (Å²) in [6.45, 7) is 0. The third-order valence-electron chi connectivity index (χ3n) is 0.300. The van der Waals surface area contributed by atoms with Crippen molar-refractivity contribution in [1.29, 1.82) is 0 Å². The summed E-state index contributed by atoms with van der Waals surface area (Å²) in [6, 6.07) is 0. The van der Waals surface area contributed by atoms with E-state index in [2.05, 4.69) is 46.1 Å². The standard InChI is InChI=1S/3H2OS.O.Sb/c3*1-2;;/h3*1-2H;;/q;;;;+3/p-3. The van der Waals surface area contributed by atoms with E-state index in [0.29, 0.717) is 0 Å². The van der Waals surface area contributed by atoms with Crippen LogP contribution in [0.1, 0.15) is 0 Å². The van der Waals surface area contributed by atoms with Gasteiger partial charge in [-0.2, -0.15) is 0 Å². The van der Waals surface area contributed by atoms with Crippen LogP contribution in [0, 0.1) is 0 Å². The molecule has 0 aliphatic rings. The van der Waals surface area contributed by atoms with Crippen molar-refractivity contribution in [3.05, 3.63) is 0 Å². The van der Waals surface area contributed by atoms with Gasteiger partial charge in [-0.3, -0.25) is 0 Å². The molecule has 0 saturated heterocycles. The molecular formula is H3O4S3Sb. The molecule has 50 valence electrons. The topological polar surface area (TPSA) is 44.8 Å². The third-order valence-corrected chi connectivity index (χ3v) is 6.04. The summed E-state index contributed by atoms with van der Waals surface area (Å²) < 4.78 is 22.4. The molecule has 0 aromatic carbocycles. The normalized spacial score (nSPS) is 11.9. The van der Waals surface area contributed by atoms with Gasteiger partial charge >= 0.3 is 69.2 Å². The summed E-state index contributed by atoms with van der Waals surface area (Å²) >= 11 is 5.17. The van der Waals surface area contributed by atoms with Crippen molar-refractivity contribution in [1.82, 2.24) is 0 Å². The van der Waals surface area contributed by atoms with Crippen LogP contribution >= 0.6 is 38.7 Å². The second-order valence-corrected chi connectivity index (χ2v) is 7.93. The Morgan fingerprint density at radius 2 is 1.25 bits per heavy atom. The van der Waals surface area contributed by atoms with Crippen LogP contribution < -0.4 is 0 Å². The number of rotatable bonds is 3. The first-order chi connectivity index (χ1) is 3.68. The summed E-state index contributed by atoms with van der Waals surface area (Å²) in [5, 5.41) is 0. The molecule has 0 unspecified atom stereocenters. The van der Waals surface area contributed by atoms with Crippen molar-refractivity contribution < 1.29 is 10.4 Å². The van der Waals surface area contributed by atoms with E-state index in [4.69, 9.17) is 0 Å². The van der Waals surface area contributed by atoms with E-state index in [-0.39, 0.29) is 0 Å². The molecule has 0 bridgehead atoms. The summed E-state index contributed by atoms with van der Waals surface area (Å²) in [4.78, 5) is 0. The van der Waals surface area contributed by atoms with Crippen LogP contribution in [0.25, 0.3) is 0 Å². The molecule has 0 atom stereocenters. The van der Waals surface area contributed by atoms with Gasteiger partial charge in [-0.25, -0.2) is 0 Å². The van der Waals surface area contributed by atoms with Gasteiger partial charge in [-0.05, 0) is 0 Å². The van der Waals surface area contributed by atoms with E-state index < -0.39 is 20.1 Å². The molecule has 0 rings (SSSR count). The Balaban J connectivity index is 3.79. The molecule has 0 aromatic heterocycles. The Hall–Kier alpha value is 1.55. The Kier molecular flexibility index (Phi) is 5.22.